The molecular weight excluding hydrogens is 368 g/mol. The highest BCUT2D eigenvalue weighted by atomic mass is 79.9. The average molecular weight is 393 g/mol. The van der Waals surface area contributed by atoms with E-state index < -0.39 is 5.91 Å². The molecule has 130 valence electrons. The van der Waals surface area contributed by atoms with Crippen molar-refractivity contribution < 1.29 is 9.90 Å². The fraction of sp³-hybridized carbons (Fsp3) is 0.421. The number of unbranched alkanes of at least 4 members (excludes halogenated alkanes) is 1. The van der Waals surface area contributed by atoms with E-state index in [-0.39, 0.29) is 6.61 Å². The summed E-state index contributed by atoms with van der Waals surface area (Å²) in [7, 11) is 0. The van der Waals surface area contributed by atoms with Crippen LogP contribution in [0.25, 0.3) is 11.1 Å². The maximum absolute atomic E-state index is 12.1. The molecule has 0 spiro atoms. The molecule has 0 radical (unpaired) electrons. The number of hydrogen-bond donors (Lipinski definition) is 2. The molecule has 0 aliphatic heterocycles. The number of primary amides is 1. The van der Waals surface area contributed by atoms with Crippen molar-refractivity contribution in [2.45, 2.75) is 46.1 Å². The van der Waals surface area contributed by atoms with Crippen LogP contribution in [0, 0.1) is 6.92 Å². The third-order valence-corrected chi connectivity index (χ3v) is 4.85. The number of carbonyl (C=O) groups is 1. The maximum Gasteiger partial charge on any atom is 0.251 e. The lowest BCUT2D eigenvalue weighted by Gasteiger charge is -2.12. The predicted molar refractivity (Wildman–Crippen MR) is 101 cm³/mol. The summed E-state index contributed by atoms with van der Waals surface area (Å²) in [6.45, 7) is 4.92. The van der Waals surface area contributed by atoms with Crippen molar-refractivity contribution in [3.8, 4) is 11.1 Å². The van der Waals surface area contributed by atoms with Gasteiger partial charge in [0, 0.05) is 34.6 Å². The van der Waals surface area contributed by atoms with Crippen molar-refractivity contribution in [1.82, 2.24) is 4.57 Å². The minimum Gasteiger partial charge on any atom is -0.396 e. The van der Waals surface area contributed by atoms with Crippen LogP contribution in [0.5, 0.6) is 0 Å². The molecule has 3 N–H and O–H groups in total. The molecule has 0 aliphatic carbocycles. The normalized spacial score (nSPS) is 11.0. The van der Waals surface area contributed by atoms with Gasteiger partial charge in [-0.05, 0) is 43.9 Å². The van der Waals surface area contributed by atoms with Gasteiger partial charge in [-0.15, -0.1) is 0 Å². The Morgan fingerprint density at radius 2 is 1.92 bits per heavy atom. The Morgan fingerprint density at radius 1 is 1.25 bits per heavy atom. The molecule has 24 heavy (non-hydrogen) atoms. The van der Waals surface area contributed by atoms with Crippen molar-refractivity contribution >= 4 is 21.8 Å². The van der Waals surface area contributed by atoms with E-state index in [2.05, 4.69) is 27.4 Å². The summed E-state index contributed by atoms with van der Waals surface area (Å²) in [5, 5.41) is 9.21. The Bertz CT molecular complexity index is 705. The Balaban J connectivity index is 2.67. The van der Waals surface area contributed by atoms with Crippen molar-refractivity contribution in [3.05, 3.63) is 45.7 Å². The highest BCUT2D eigenvalue weighted by molar-refractivity contribution is 9.10. The fourth-order valence-corrected chi connectivity index (χ4v) is 3.43. The van der Waals surface area contributed by atoms with Crippen molar-refractivity contribution in [2.75, 3.05) is 6.61 Å². The number of amides is 1. The lowest BCUT2D eigenvalue weighted by atomic mass is 9.97. The second-order valence-corrected chi connectivity index (χ2v) is 6.90. The summed E-state index contributed by atoms with van der Waals surface area (Å²) in [4.78, 5) is 12.1. The number of hydrogen-bond acceptors (Lipinski definition) is 2. The van der Waals surface area contributed by atoms with Crippen LogP contribution in [0.2, 0.25) is 0 Å². The number of benzene rings is 1. The van der Waals surface area contributed by atoms with Crippen molar-refractivity contribution in [2.24, 2.45) is 5.73 Å². The van der Waals surface area contributed by atoms with Crippen molar-refractivity contribution in [1.29, 1.82) is 0 Å². The van der Waals surface area contributed by atoms with E-state index in [0.717, 1.165) is 46.2 Å². The van der Waals surface area contributed by atoms with E-state index in [1.54, 1.807) is 0 Å². The summed E-state index contributed by atoms with van der Waals surface area (Å²) in [6.07, 6.45) is 3.67. The van der Waals surface area contributed by atoms with E-state index in [0.29, 0.717) is 18.5 Å². The molecule has 0 fully saturated rings. The summed E-state index contributed by atoms with van der Waals surface area (Å²) in [6, 6.07) is 7.97. The second kappa shape index (κ2) is 8.49. The van der Waals surface area contributed by atoms with Crippen LogP contribution >= 0.6 is 15.9 Å². The predicted octanol–water partition coefficient (Wildman–Crippen LogP) is 4.05. The number of aliphatic hydroxyl groups excluding tert-OH is 1. The first-order valence-electron chi connectivity index (χ1n) is 8.39. The van der Waals surface area contributed by atoms with E-state index in [1.807, 2.05) is 31.2 Å². The molecule has 0 bridgehead atoms. The van der Waals surface area contributed by atoms with Gasteiger partial charge in [-0.2, -0.15) is 0 Å². The highest BCUT2D eigenvalue weighted by Gasteiger charge is 2.24. The molecule has 0 unspecified atom stereocenters. The standard InChI is InChI=1S/C19H25BrN2O2/c1-3-4-6-16-18(14-7-9-15(20)10-8-14)17(19(21)24)13(2)22(16)11-5-12-23/h7-10,23H,3-6,11-12H2,1-2H3,(H2,21,24). The van der Waals surface area contributed by atoms with Gasteiger partial charge < -0.3 is 15.4 Å². The Morgan fingerprint density at radius 3 is 2.46 bits per heavy atom. The molecule has 0 atom stereocenters. The van der Waals surface area contributed by atoms with Gasteiger partial charge in [-0.25, -0.2) is 0 Å². The van der Waals surface area contributed by atoms with Gasteiger partial charge in [0.15, 0.2) is 0 Å². The lowest BCUT2D eigenvalue weighted by molar-refractivity contribution is 0.1000. The monoisotopic (exact) mass is 392 g/mol. The van der Waals surface area contributed by atoms with E-state index in [4.69, 9.17) is 5.73 Å². The SMILES string of the molecule is CCCCc1c(-c2ccc(Br)cc2)c(C(N)=O)c(C)n1CCCO. The van der Waals surface area contributed by atoms with Crippen LogP contribution in [-0.2, 0) is 13.0 Å². The van der Waals surface area contributed by atoms with Crippen LogP contribution in [0.4, 0.5) is 0 Å². The number of rotatable bonds is 8. The molecule has 2 aromatic rings. The number of aliphatic hydroxyl groups is 1. The zero-order chi connectivity index (χ0) is 17.7. The molecule has 1 heterocycles. The Labute approximate surface area is 151 Å². The smallest absolute Gasteiger partial charge is 0.251 e. The third-order valence-electron chi connectivity index (χ3n) is 4.32. The molecule has 5 heteroatoms. The maximum atomic E-state index is 12.1. The van der Waals surface area contributed by atoms with Gasteiger partial charge in [0.2, 0.25) is 0 Å². The molecule has 2 rings (SSSR count). The molecule has 1 amide bonds. The molecule has 0 saturated carbocycles. The van der Waals surface area contributed by atoms with Gasteiger partial charge in [0.05, 0.1) is 5.56 Å². The summed E-state index contributed by atoms with van der Waals surface area (Å²) in [5.74, 6) is -0.397. The number of aromatic nitrogens is 1. The molecule has 4 nitrogen and oxygen atoms in total. The first kappa shape index (κ1) is 18.7. The third kappa shape index (κ3) is 3.90. The number of nitrogens with zero attached hydrogens (tertiary/aromatic N) is 1. The van der Waals surface area contributed by atoms with Gasteiger partial charge >= 0.3 is 0 Å². The lowest BCUT2D eigenvalue weighted by Crippen LogP contribution is -2.13. The number of carbonyl (C=O) groups excluding carboxylic acids is 1. The van der Waals surface area contributed by atoms with Crippen LogP contribution in [0.15, 0.2) is 28.7 Å². The minimum absolute atomic E-state index is 0.129. The highest BCUT2D eigenvalue weighted by Crippen LogP contribution is 2.34. The van der Waals surface area contributed by atoms with Crippen LogP contribution in [0.1, 0.15) is 47.9 Å². The fourth-order valence-electron chi connectivity index (χ4n) is 3.16. The second-order valence-electron chi connectivity index (χ2n) is 5.99. The quantitative estimate of drug-likeness (QED) is 0.711. The molecule has 0 aliphatic rings. The Hall–Kier alpha value is -1.59. The largest absolute Gasteiger partial charge is 0.396 e. The van der Waals surface area contributed by atoms with Crippen molar-refractivity contribution in [3.63, 3.8) is 0 Å². The summed E-state index contributed by atoms with van der Waals surface area (Å²) >= 11 is 3.46. The van der Waals surface area contributed by atoms with E-state index in [1.165, 1.54) is 0 Å². The zero-order valence-corrected chi connectivity index (χ0v) is 15.9. The molecule has 1 aromatic carbocycles. The zero-order valence-electron chi connectivity index (χ0n) is 14.3. The topological polar surface area (TPSA) is 68.2 Å². The van der Waals surface area contributed by atoms with E-state index in [9.17, 15) is 9.90 Å². The molecule has 1 aromatic heterocycles. The van der Waals surface area contributed by atoms with Crippen LogP contribution in [0.3, 0.4) is 0 Å². The number of halogens is 1. The first-order valence-corrected chi connectivity index (χ1v) is 9.19. The van der Waals surface area contributed by atoms with Gasteiger partial charge in [0.1, 0.15) is 0 Å². The molecular formula is C19H25BrN2O2. The van der Waals surface area contributed by atoms with Crippen LogP contribution < -0.4 is 5.73 Å². The number of nitrogens with two attached hydrogens (primary N) is 1. The van der Waals surface area contributed by atoms with Gasteiger partial charge in [-0.1, -0.05) is 41.4 Å². The summed E-state index contributed by atoms with van der Waals surface area (Å²) in [5.41, 5.74) is 10.3. The molecule has 0 saturated heterocycles. The Kier molecular flexibility index (Phi) is 6.63. The van der Waals surface area contributed by atoms with E-state index >= 15 is 0 Å². The average Bonchev–Trinajstić information content (AvgIpc) is 2.83. The van der Waals surface area contributed by atoms with Gasteiger partial charge in [-0.3, -0.25) is 4.79 Å². The summed E-state index contributed by atoms with van der Waals surface area (Å²) < 4.78 is 3.15. The first-order chi connectivity index (χ1) is 11.5. The van der Waals surface area contributed by atoms with Crippen LogP contribution in [-0.4, -0.2) is 22.2 Å². The van der Waals surface area contributed by atoms with Gasteiger partial charge in [0.25, 0.3) is 5.91 Å². The minimum atomic E-state index is -0.397.